The molecule has 4 aromatic rings. The summed E-state index contributed by atoms with van der Waals surface area (Å²) in [7, 11) is 1.34. The Balaban J connectivity index is 1.51. The molecule has 1 saturated heterocycles. The van der Waals surface area contributed by atoms with Crippen LogP contribution in [0.2, 0.25) is 0 Å². The largest absolute Gasteiger partial charge is 0.465 e. The lowest BCUT2D eigenvalue weighted by atomic mass is 9.75. The fourth-order valence-electron chi connectivity index (χ4n) is 6.36. The van der Waals surface area contributed by atoms with E-state index >= 15 is 0 Å². The highest BCUT2D eigenvalue weighted by Crippen LogP contribution is 2.49. The number of cyclic esters (lactones) is 2. The SMILES string of the molecule is COC(=O)c1cc(CC2(CCCSC(c3ccccc3)(c3ccccc3)c3ccccc3)C(=O)OC(C)(C)OC2=O)cc(C(C)(C)C)c1. The molecule has 0 atom stereocenters. The summed E-state index contributed by atoms with van der Waals surface area (Å²) in [4.78, 5) is 40.6. The number of rotatable bonds is 11. The molecule has 6 nitrogen and oxygen atoms in total. The molecule has 250 valence electrons. The summed E-state index contributed by atoms with van der Waals surface area (Å²) in [5.74, 6) is -2.47. The van der Waals surface area contributed by atoms with E-state index in [1.807, 2.05) is 45.0 Å². The topological polar surface area (TPSA) is 78.9 Å². The average molecular weight is 665 g/mol. The molecule has 0 saturated carbocycles. The van der Waals surface area contributed by atoms with Gasteiger partial charge in [-0.1, -0.05) is 118 Å². The first-order valence-electron chi connectivity index (χ1n) is 16.3. The van der Waals surface area contributed by atoms with Crippen LogP contribution in [0.25, 0.3) is 0 Å². The van der Waals surface area contributed by atoms with E-state index in [4.69, 9.17) is 14.2 Å². The van der Waals surface area contributed by atoms with Gasteiger partial charge < -0.3 is 14.2 Å². The third-order valence-electron chi connectivity index (χ3n) is 8.85. The van der Waals surface area contributed by atoms with Crippen molar-refractivity contribution in [1.82, 2.24) is 0 Å². The number of carbonyl (C=O) groups excluding carboxylic acids is 3. The van der Waals surface area contributed by atoms with E-state index in [1.165, 1.54) is 7.11 Å². The molecule has 1 aliphatic rings. The highest BCUT2D eigenvalue weighted by molar-refractivity contribution is 8.00. The smallest absolute Gasteiger partial charge is 0.337 e. The van der Waals surface area contributed by atoms with E-state index < -0.39 is 33.9 Å². The molecule has 0 bridgehead atoms. The van der Waals surface area contributed by atoms with Crippen molar-refractivity contribution < 1.29 is 28.6 Å². The molecule has 4 aromatic carbocycles. The summed E-state index contributed by atoms with van der Waals surface area (Å²) in [5.41, 5.74) is 3.43. The fourth-order valence-corrected chi connectivity index (χ4v) is 7.87. The van der Waals surface area contributed by atoms with E-state index in [0.717, 1.165) is 22.3 Å². The standard InChI is InChI=1S/C41H44O6S/c1-38(2,3)34-26-29(25-30(27-34)35(42)45-6)28-40(36(43)46-39(4,5)47-37(40)44)23-16-24-48-41(31-17-10-7-11-18-31,32-19-12-8-13-20-32)33-21-14-9-15-22-33/h7-15,17-22,25-27H,16,23-24,28H2,1-6H3. The second kappa shape index (κ2) is 14.0. The maximum atomic E-state index is 13.9. The Kier molecular flexibility index (Phi) is 10.2. The van der Waals surface area contributed by atoms with Gasteiger partial charge in [0.05, 0.1) is 17.4 Å². The minimum Gasteiger partial charge on any atom is -0.465 e. The molecule has 1 aliphatic heterocycles. The van der Waals surface area contributed by atoms with E-state index in [9.17, 15) is 14.4 Å². The summed E-state index contributed by atoms with van der Waals surface area (Å²) in [6.07, 6.45) is 0.752. The second-order valence-electron chi connectivity index (χ2n) is 13.8. The van der Waals surface area contributed by atoms with Crippen LogP contribution in [0.4, 0.5) is 0 Å². The molecule has 0 N–H and O–H groups in total. The predicted octanol–water partition coefficient (Wildman–Crippen LogP) is 8.64. The van der Waals surface area contributed by atoms with Crippen LogP contribution in [-0.4, -0.2) is 36.6 Å². The van der Waals surface area contributed by atoms with Crippen LogP contribution in [0.1, 0.15) is 85.6 Å². The van der Waals surface area contributed by atoms with E-state index in [1.54, 1.807) is 37.7 Å². The Morgan fingerprint density at radius 1 is 0.729 bits per heavy atom. The number of esters is 3. The van der Waals surface area contributed by atoms with Crippen molar-refractivity contribution in [3.8, 4) is 0 Å². The maximum absolute atomic E-state index is 13.9. The van der Waals surface area contributed by atoms with Crippen molar-refractivity contribution in [3.05, 3.63) is 143 Å². The lowest BCUT2D eigenvalue weighted by molar-refractivity contribution is -0.251. The van der Waals surface area contributed by atoms with Crippen molar-refractivity contribution in [3.63, 3.8) is 0 Å². The Bertz CT molecular complexity index is 1630. The van der Waals surface area contributed by atoms with Gasteiger partial charge in [-0.15, -0.1) is 11.8 Å². The summed E-state index contributed by atoms with van der Waals surface area (Å²) in [5, 5.41) is 0. The fraction of sp³-hybridized carbons (Fsp3) is 0.341. The first-order valence-corrected chi connectivity index (χ1v) is 17.3. The normalized spacial score (nSPS) is 15.7. The van der Waals surface area contributed by atoms with Gasteiger partial charge in [0.2, 0.25) is 0 Å². The zero-order valence-corrected chi connectivity index (χ0v) is 29.4. The Labute approximate surface area is 288 Å². The van der Waals surface area contributed by atoms with Gasteiger partial charge in [0.25, 0.3) is 5.79 Å². The molecule has 7 heteroatoms. The van der Waals surface area contributed by atoms with E-state index in [0.29, 0.717) is 23.3 Å². The number of hydrogen-bond donors (Lipinski definition) is 0. The molecule has 0 aliphatic carbocycles. The zero-order chi connectivity index (χ0) is 34.6. The Morgan fingerprint density at radius 3 is 1.65 bits per heavy atom. The van der Waals surface area contributed by atoms with Crippen molar-refractivity contribution in [2.45, 2.75) is 69.8 Å². The van der Waals surface area contributed by atoms with Crippen LogP contribution in [0.5, 0.6) is 0 Å². The lowest BCUT2D eigenvalue weighted by Crippen LogP contribution is -2.55. The Morgan fingerprint density at radius 2 is 1.21 bits per heavy atom. The summed E-state index contributed by atoms with van der Waals surface area (Å²) in [6, 6.07) is 36.7. The highest BCUT2D eigenvalue weighted by atomic mass is 32.2. The van der Waals surface area contributed by atoms with E-state index in [-0.39, 0.29) is 18.3 Å². The van der Waals surface area contributed by atoms with Crippen LogP contribution in [0, 0.1) is 5.41 Å². The number of methoxy groups -OCH3 is 1. The molecule has 5 rings (SSSR count). The third kappa shape index (κ3) is 7.21. The van der Waals surface area contributed by atoms with Gasteiger partial charge in [0.15, 0.2) is 5.41 Å². The first kappa shape index (κ1) is 35.0. The van der Waals surface area contributed by atoms with Gasteiger partial charge in [-0.2, -0.15) is 0 Å². The maximum Gasteiger partial charge on any atom is 0.337 e. The summed E-state index contributed by atoms with van der Waals surface area (Å²) >= 11 is 1.77. The van der Waals surface area contributed by atoms with Gasteiger partial charge in [-0.25, -0.2) is 4.79 Å². The molecule has 0 unspecified atom stereocenters. The summed E-state index contributed by atoms with van der Waals surface area (Å²) < 4.78 is 16.0. The third-order valence-corrected chi connectivity index (χ3v) is 10.5. The lowest BCUT2D eigenvalue weighted by Gasteiger charge is -2.41. The molecular weight excluding hydrogens is 621 g/mol. The molecule has 0 spiro atoms. The zero-order valence-electron chi connectivity index (χ0n) is 28.6. The van der Waals surface area contributed by atoms with Crippen LogP contribution in [-0.2, 0) is 40.4 Å². The molecule has 48 heavy (non-hydrogen) atoms. The van der Waals surface area contributed by atoms with Gasteiger partial charge >= 0.3 is 17.9 Å². The molecule has 1 fully saturated rings. The first-order chi connectivity index (χ1) is 22.8. The van der Waals surface area contributed by atoms with Gasteiger partial charge in [-0.05, 0) is 70.4 Å². The van der Waals surface area contributed by atoms with Crippen molar-refractivity contribution >= 4 is 29.7 Å². The minimum atomic E-state index is -1.59. The molecule has 1 heterocycles. The number of carbonyl (C=O) groups is 3. The quantitative estimate of drug-likeness (QED) is 0.0687. The monoisotopic (exact) mass is 664 g/mol. The molecule has 0 aromatic heterocycles. The van der Waals surface area contributed by atoms with Gasteiger partial charge in [0, 0.05) is 13.8 Å². The predicted molar refractivity (Wildman–Crippen MR) is 190 cm³/mol. The number of thioether (sulfide) groups is 1. The number of benzene rings is 4. The average Bonchev–Trinajstić information content (AvgIpc) is 3.07. The number of ether oxygens (including phenoxy) is 3. The summed E-state index contributed by atoms with van der Waals surface area (Å²) in [6.45, 7) is 9.26. The van der Waals surface area contributed by atoms with Crippen molar-refractivity contribution in [2.75, 3.05) is 12.9 Å². The number of hydrogen-bond acceptors (Lipinski definition) is 7. The van der Waals surface area contributed by atoms with Gasteiger partial charge in [0.1, 0.15) is 0 Å². The van der Waals surface area contributed by atoms with Crippen LogP contribution >= 0.6 is 11.8 Å². The van der Waals surface area contributed by atoms with Crippen molar-refractivity contribution in [2.24, 2.45) is 5.41 Å². The molecule has 0 radical (unpaired) electrons. The van der Waals surface area contributed by atoms with Crippen LogP contribution in [0.15, 0.2) is 109 Å². The minimum absolute atomic E-state index is 0.0283. The van der Waals surface area contributed by atoms with E-state index in [2.05, 4.69) is 72.8 Å². The highest BCUT2D eigenvalue weighted by Gasteiger charge is 2.56. The molecule has 0 amide bonds. The van der Waals surface area contributed by atoms with Gasteiger partial charge in [-0.3, -0.25) is 9.59 Å². The van der Waals surface area contributed by atoms with Crippen LogP contribution < -0.4 is 0 Å². The Hall–Kier alpha value is -4.36. The van der Waals surface area contributed by atoms with Crippen molar-refractivity contribution in [1.29, 1.82) is 0 Å². The van der Waals surface area contributed by atoms with Crippen LogP contribution in [0.3, 0.4) is 0 Å². The second-order valence-corrected chi connectivity index (χ2v) is 15.1. The molecular formula is C41H44O6S.